The van der Waals surface area contributed by atoms with Crippen molar-refractivity contribution in [2.24, 2.45) is 5.73 Å². The van der Waals surface area contributed by atoms with Crippen LogP contribution in [0.15, 0.2) is 5.38 Å². The zero-order valence-corrected chi connectivity index (χ0v) is 9.99. The number of carbonyl (C=O) groups excluding carboxylic acids is 1. The van der Waals surface area contributed by atoms with Crippen molar-refractivity contribution in [1.82, 2.24) is 10.3 Å². The molecular weight excluding hydrogens is 234 g/mol. The van der Waals surface area contributed by atoms with E-state index in [1.807, 2.05) is 0 Å². The lowest BCUT2D eigenvalue weighted by Gasteiger charge is -2.00. The minimum Gasteiger partial charge on any atom is -0.350 e. The molecule has 1 rings (SSSR count). The third-order valence-electron chi connectivity index (χ3n) is 1.63. The molecule has 0 radical (unpaired) electrons. The molecule has 15 heavy (non-hydrogen) atoms. The van der Waals surface area contributed by atoms with Crippen LogP contribution in [0.1, 0.15) is 15.5 Å². The molecule has 1 atom stereocenters. The molecule has 84 valence electrons. The molecule has 0 aliphatic heterocycles. The van der Waals surface area contributed by atoms with Gasteiger partial charge in [-0.1, -0.05) is 0 Å². The van der Waals surface area contributed by atoms with Gasteiger partial charge in [0.2, 0.25) is 0 Å². The molecule has 0 aliphatic carbocycles. The van der Waals surface area contributed by atoms with Gasteiger partial charge in [-0.3, -0.25) is 9.00 Å². The lowest BCUT2D eigenvalue weighted by molar-refractivity contribution is 0.0951. The summed E-state index contributed by atoms with van der Waals surface area (Å²) in [4.78, 5) is 15.5. The highest BCUT2D eigenvalue weighted by molar-refractivity contribution is 7.84. The highest BCUT2D eigenvalue weighted by atomic mass is 32.2. The summed E-state index contributed by atoms with van der Waals surface area (Å²) in [5.74, 6) is 0.219. The van der Waals surface area contributed by atoms with Crippen molar-refractivity contribution in [3.8, 4) is 0 Å². The predicted octanol–water partition coefficient (Wildman–Crippen LogP) is -0.290. The highest BCUT2D eigenvalue weighted by Crippen LogP contribution is 2.08. The Morgan fingerprint density at radius 2 is 2.47 bits per heavy atom. The Balaban J connectivity index is 2.43. The van der Waals surface area contributed by atoms with Gasteiger partial charge in [0.1, 0.15) is 10.7 Å². The summed E-state index contributed by atoms with van der Waals surface area (Å²) in [6.45, 7) is 0.744. The molecule has 0 spiro atoms. The predicted molar refractivity (Wildman–Crippen MR) is 61.3 cm³/mol. The fraction of sp³-hybridized carbons (Fsp3) is 0.500. The molecule has 0 saturated heterocycles. The molecule has 1 aromatic heterocycles. The van der Waals surface area contributed by atoms with Gasteiger partial charge in [0, 0.05) is 41.3 Å². The largest absolute Gasteiger partial charge is 0.350 e. The van der Waals surface area contributed by atoms with Crippen LogP contribution >= 0.6 is 11.3 Å². The van der Waals surface area contributed by atoms with Crippen LogP contribution < -0.4 is 11.1 Å². The maximum Gasteiger partial charge on any atom is 0.270 e. The Morgan fingerprint density at radius 1 is 1.73 bits per heavy atom. The van der Waals surface area contributed by atoms with E-state index in [-0.39, 0.29) is 5.91 Å². The Hall–Kier alpha value is -0.790. The van der Waals surface area contributed by atoms with Crippen molar-refractivity contribution in [1.29, 1.82) is 0 Å². The second-order valence-corrected chi connectivity index (χ2v) is 5.36. The number of nitrogens with one attached hydrogen (secondary N) is 1. The molecule has 0 fully saturated rings. The maximum absolute atomic E-state index is 11.4. The van der Waals surface area contributed by atoms with Crippen molar-refractivity contribution in [2.45, 2.75) is 6.54 Å². The van der Waals surface area contributed by atoms with Crippen LogP contribution in [0.3, 0.4) is 0 Å². The number of nitrogens with two attached hydrogens (primary N) is 1. The van der Waals surface area contributed by atoms with Gasteiger partial charge in [0.15, 0.2) is 0 Å². The Kier molecular flexibility index (Phi) is 4.86. The summed E-state index contributed by atoms with van der Waals surface area (Å²) in [5, 5.41) is 5.04. The van der Waals surface area contributed by atoms with E-state index in [4.69, 9.17) is 5.73 Å². The molecule has 0 aromatic carbocycles. The summed E-state index contributed by atoms with van der Waals surface area (Å²) in [5.41, 5.74) is 5.76. The standard InChI is InChI=1S/C8H13N3O2S2/c1-15(13)3-2-10-8(12)6-5-14-7(4-9)11-6/h5H,2-4,9H2,1H3,(H,10,12). The fourth-order valence-electron chi connectivity index (χ4n) is 0.908. The number of hydrogen-bond donors (Lipinski definition) is 2. The van der Waals surface area contributed by atoms with Crippen LogP contribution in [0.5, 0.6) is 0 Å². The minimum atomic E-state index is -0.887. The average Bonchev–Trinajstić information content (AvgIpc) is 2.65. The zero-order valence-electron chi connectivity index (χ0n) is 8.36. The van der Waals surface area contributed by atoms with Gasteiger partial charge in [-0.25, -0.2) is 4.98 Å². The summed E-state index contributed by atoms with van der Waals surface area (Å²) in [6.07, 6.45) is 1.60. The van der Waals surface area contributed by atoms with Crippen LogP contribution in [-0.4, -0.2) is 33.7 Å². The lowest BCUT2D eigenvalue weighted by Crippen LogP contribution is -2.27. The third kappa shape index (κ3) is 4.06. The Morgan fingerprint density at radius 3 is 3.00 bits per heavy atom. The SMILES string of the molecule is CS(=O)CCNC(=O)c1csc(CN)n1. The van der Waals surface area contributed by atoms with Crippen molar-refractivity contribution < 1.29 is 9.00 Å². The van der Waals surface area contributed by atoms with E-state index in [2.05, 4.69) is 10.3 Å². The number of carbonyl (C=O) groups is 1. The minimum absolute atomic E-state index is 0.239. The molecule has 1 aromatic rings. The first kappa shape index (κ1) is 12.3. The molecule has 1 heterocycles. The third-order valence-corrected chi connectivity index (χ3v) is 3.28. The van der Waals surface area contributed by atoms with Crippen LogP contribution in [0.2, 0.25) is 0 Å². The molecule has 5 nitrogen and oxygen atoms in total. The number of hydrogen-bond acceptors (Lipinski definition) is 5. The van der Waals surface area contributed by atoms with E-state index in [9.17, 15) is 9.00 Å². The Bertz CT molecular complexity index is 365. The topological polar surface area (TPSA) is 85.1 Å². The molecular formula is C8H13N3O2S2. The quantitative estimate of drug-likeness (QED) is 0.749. The van der Waals surface area contributed by atoms with Gasteiger partial charge in [0.05, 0.1) is 0 Å². The van der Waals surface area contributed by atoms with Crippen molar-refractivity contribution in [2.75, 3.05) is 18.6 Å². The molecule has 3 N–H and O–H groups in total. The van der Waals surface area contributed by atoms with Crippen LogP contribution in [0.25, 0.3) is 0 Å². The lowest BCUT2D eigenvalue weighted by atomic mass is 10.4. The highest BCUT2D eigenvalue weighted by Gasteiger charge is 2.09. The van der Waals surface area contributed by atoms with E-state index in [1.165, 1.54) is 11.3 Å². The van der Waals surface area contributed by atoms with Crippen LogP contribution in [-0.2, 0) is 17.3 Å². The first-order valence-electron chi connectivity index (χ1n) is 4.36. The van der Waals surface area contributed by atoms with Gasteiger partial charge in [-0.05, 0) is 0 Å². The molecule has 0 saturated carbocycles. The normalized spacial score (nSPS) is 12.4. The van der Waals surface area contributed by atoms with Crippen LogP contribution in [0.4, 0.5) is 0 Å². The first-order valence-corrected chi connectivity index (χ1v) is 6.97. The molecule has 1 unspecified atom stereocenters. The second-order valence-electron chi connectivity index (χ2n) is 2.86. The fourth-order valence-corrected chi connectivity index (χ4v) is 1.95. The summed E-state index contributed by atoms with van der Waals surface area (Å²) in [7, 11) is -0.887. The van der Waals surface area contributed by atoms with E-state index < -0.39 is 10.8 Å². The van der Waals surface area contributed by atoms with Crippen molar-refractivity contribution in [3.63, 3.8) is 0 Å². The number of amides is 1. The molecule has 7 heteroatoms. The number of aromatic nitrogens is 1. The first-order chi connectivity index (χ1) is 7.13. The smallest absolute Gasteiger partial charge is 0.270 e. The van der Waals surface area contributed by atoms with Gasteiger partial charge in [-0.2, -0.15) is 0 Å². The monoisotopic (exact) mass is 247 g/mol. The van der Waals surface area contributed by atoms with E-state index >= 15 is 0 Å². The molecule has 1 amide bonds. The van der Waals surface area contributed by atoms with Crippen LogP contribution in [0, 0.1) is 0 Å². The second kappa shape index (κ2) is 5.94. The van der Waals surface area contributed by atoms with E-state index in [1.54, 1.807) is 11.6 Å². The van der Waals surface area contributed by atoms with Gasteiger partial charge < -0.3 is 11.1 Å². The number of thiazole rings is 1. The number of nitrogens with zero attached hydrogens (tertiary/aromatic N) is 1. The van der Waals surface area contributed by atoms with Gasteiger partial charge >= 0.3 is 0 Å². The van der Waals surface area contributed by atoms with Gasteiger partial charge in [-0.15, -0.1) is 11.3 Å². The molecule has 0 bridgehead atoms. The van der Waals surface area contributed by atoms with Crippen molar-refractivity contribution >= 4 is 28.0 Å². The summed E-state index contributed by atoms with van der Waals surface area (Å²) < 4.78 is 10.7. The maximum atomic E-state index is 11.4. The molecule has 0 aliphatic rings. The Labute approximate surface area is 94.5 Å². The average molecular weight is 247 g/mol. The van der Waals surface area contributed by atoms with Gasteiger partial charge in [0.25, 0.3) is 5.91 Å². The van der Waals surface area contributed by atoms with Crippen molar-refractivity contribution in [3.05, 3.63) is 16.1 Å². The summed E-state index contributed by atoms with van der Waals surface area (Å²) >= 11 is 1.36. The number of rotatable bonds is 5. The summed E-state index contributed by atoms with van der Waals surface area (Å²) in [6, 6.07) is 0. The van der Waals surface area contributed by atoms with E-state index in [0.717, 1.165) is 5.01 Å². The zero-order chi connectivity index (χ0) is 11.3. The van der Waals surface area contributed by atoms with E-state index in [0.29, 0.717) is 24.5 Å².